The summed E-state index contributed by atoms with van der Waals surface area (Å²) >= 11 is 0. The molecular formula is C14H19NO2. The van der Waals surface area contributed by atoms with Gasteiger partial charge in [0.1, 0.15) is 0 Å². The average Bonchev–Trinajstić information content (AvgIpc) is 2.57. The number of aromatic carboxylic acids is 1. The van der Waals surface area contributed by atoms with Crippen molar-refractivity contribution in [2.75, 3.05) is 11.4 Å². The normalized spacial score (nSPS) is 24.1. The molecule has 1 saturated heterocycles. The van der Waals surface area contributed by atoms with Crippen LogP contribution in [0.25, 0.3) is 0 Å². The van der Waals surface area contributed by atoms with Crippen molar-refractivity contribution in [1.29, 1.82) is 0 Å². The molecule has 1 aliphatic rings. The maximum absolute atomic E-state index is 11.3. The number of carboxylic acids is 1. The van der Waals surface area contributed by atoms with E-state index in [0.29, 0.717) is 17.5 Å². The highest BCUT2D eigenvalue weighted by Crippen LogP contribution is 2.31. The van der Waals surface area contributed by atoms with Crippen LogP contribution in [-0.4, -0.2) is 23.7 Å². The van der Waals surface area contributed by atoms with Crippen LogP contribution in [0.2, 0.25) is 0 Å². The molecule has 3 heteroatoms. The van der Waals surface area contributed by atoms with E-state index in [1.165, 1.54) is 0 Å². The summed E-state index contributed by atoms with van der Waals surface area (Å²) in [5, 5.41) is 9.28. The Hall–Kier alpha value is -1.51. The molecule has 2 atom stereocenters. The summed E-state index contributed by atoms with van der Waals surface area (Å²) in [5.41, 5.74) is 2.27. The standard InChI is InChI=1S/C14H19NO2/c1-9-4-5-13(12(7-9)14(16)17)15-8-10(2)6-11(15)3/h4-5,7,10-11H,6,8H2,1-3H3,(H,16,17). The smallest absolute Gasteiger partial charge is 0.337 e. The second-order valence-corrected chi connectivity index (χ2v) is 5.17. The third-order valence-electron chi connectivity index (χ3n) is 3.48. The summed E-state index contributed by atoms with van der Waals surface area (Å²) in [4.78, 5) is 13.5. The lowest BCUT2D eigenvalue weighted by Crippen LogP contribution is -2.28. The third kappa shape index (κ3) is 2.28. The van der Waals surface area contributed by atoms with Crippen molar-refractivity contribution in [3.63, 3.8) is 0 Å². The van der Waals surface area contributed by atoms with Gasteiger partial charge in [0.05, 0.1) is 11.3 Å². The zero-order valence-electron chi connectivity index (χ0n) is 10.6. The number of benzene rings is 1. The van der Waals surface area contributed by atoms with E-state index in [9.17, 15) is 9.90 Å². The van der Waals surface area contributed by atoms with Crippen LogP contribution < -0.4 is 4.90 Å². The van der Waals surface area contributed by atoms with Crippen molar-refractivity contribution >= 4 is 11.7 Å². The predicted octanol–water partition coefficient (Wildman–Crippen LogP) is 2.93. The van der Waals surface area contributed by atoms with Crippen LogP contribution in [0.15, 0.2) is 18.2 Å². The molecule has 1 fully saturated rings. The van der Waals surface area contributed by atoms with Crippen LogP contribution >= 0.6 is 0 Å². The molecule has 2 rings (SSSR count). The minimum atomic E-state index is -0.838. The van der Waals surface area contributed by atoms with Gasteiger partial charge in [0.25, 0.3) is 0 Å². The van der Waals surface area contributed by atoms with Gasteiger partial charge in [-0.3, -0.25) is 0 Å². The fourth-order valence-electron chi connectivity index (χ4n) is 2.71. The van der Waals surface area contributed by atoms with E-state index in [2.05, 4.69) is 18.7 Å². The first-order valence-electron chi connectivity index (χ1n) is 6.09. The zero-order chi connectivity index (χ0) is 12.6. The molecule has 2 unspecified atom stereocenters. The van der Waals surface area contributed by atoms with Gasteiger partial charge in [-0.15, -0.1) is 0 Å². The highest BCUT2D eigenvalue weighted by Gasteiger charge is 2.28. The molecule has 1 aromatic rings. The molecule has 0 spiro atoms. The first-order chi connectivity index (χ1) is 7.99. The number of anilines is 1. The predicted molar refractivity (Wildman–Crippen MR) is 68.7 cm³/mol. The van der Waals surface area contributed by atoms with Crippen molar-refractivity contribution in [3.05, 3.63) is 29.3 Å². The van der Waals surface area contributed by atoms with Crippen molar-refractivity contribution < 1.29 is 9.90 Å². The number of hydrogen-bond acceptors (Lipinski definition) is 2. The van der Waals surface area contributed by atoms with Gasteiger partial charge in [-0.2, -0.15) is 0 Å². The molecule has 0 bridgehead atoms. The molecule has 92 valence electrons. The molecule has 0 aliphatic carbocycles. The molecule has 0 radical (unpaired) electrons. The van der Waals surface area contributed by atoms with Gasteiger partial charge in [0, 0.05) is 12.6 Å². The highest BCUT2D eigenvalue weighted by atomic mass is 16.4. The van der Waals surface area contributed by atoms with Crippen molar-refractivity contribution in [2.45, 2.75) is 33.2 Å². The van der Waals surface area contributed by atoms with Gasteiger partial charge < -0.3 is 10.0 Å². The van der Waals surface area contributed by atoms with Gasteiger partial charge in [-0.25, -0.2) is 4.79 Å². The molecule has 0 saturated carbocycles. The van der Waals surface area contributed by atoms with Crippen LogP contribution in [0.3, 0.4) is 0 Å². The van der Waals surface area contributed by atoms with E-state index in [0.717, 1.165) is 24.2 Å². The number of carboxylic acid groups (broad SMARTS) is 1. The Kier molecular flexibility index (Phi) is 3.09. The topological polar surface area (TPSA) is 40.5 Å². The molecule has 0 amide bonds. The third-order valence-corrected chi connectivity index (χ3v) is 3.48. The fraction of sp³-hybridized carbons (Fsp3) is 0.500. The number of carbonyl (C=O) groups is 1. The van der Waals surface area contributed by atoms with Gasteiger partial charge in [-0.05, 0) is 38.3 Å². The van der Waals surface area contributed by atoms with Gasteiger partial charge in [0.2, 0.25) is 0 Å². The monoisotopic (exact) mass is 233 g/mol. The minimum Gasteiger partial charge on any atom is -0.478 e. The zero-order valence-corrected chi connectivity index (χ0v) is 10.6. The Morgan fingerprint density at radius 2 is 2.12 bits per heavy atom. The summed E-state index contributed by atoms with van der Waals surface area (Å²) in [5.74, 6) is -0.205. The Bertz CT molecular complexity index is 442. The van der Waals surface area contributed by atoms with E-state index in [-0.39, 0.29) is 0 Å². The first-order valence-corrected chi connectivity index (χ1v) is 6.09. The SMILES string of the molecule is Cc1ccc(N2CC(C)CC2C)c(C(=O)O)c1. The van der Waals surface area contributed by atoms with Crippen LogP contribution in [-0.2, 0) is 0 Å². The Balaban J connectivity index is 2.41. The summed E-state index contributed by atoms with van der Waals surface area (Å²) in [6.45, 7) is 7.25. The van der Waals surface area contributed by atoms with E-state index in [1.807, 2.05) is 19.1 Å². The average molecular weight is 233 g/mol. The molecule has 1 aliphatic heterocycles. The number of nitrogens with zero attached hydrogens (tertiary/aromatic N) is 1. The molecule has 3 nitrogen and oxygen atoms in total. The first kappa shape index (κ1) is 12.0. The quantitative estimate of drug-likeness (QED) is 0.853. The van der Waals surface area contributed by atoms with Crippen LogP contribution in [0, 0.1) is 12.8 Å². The minimum absolute atomic E-state index is 0.422. The lowest BCUT2D eigenvalue weighted by Gasteiger charge is -2.25. The van der Waals surface area contributed by atoms with E-state index >= 15 is 0 Å². The van der Waals surface area contributed by atoms with E-state index < -0.39 is 5.97 Å². The second kappa shape index (κ2) is 4.40. The Labute approximate surface area is 102 Å². The van der Waals surface area contributed by atoms with E-state index in [1.54, 1.807) is 6.07 Å². The molecular weight excluding hydrogens is 214 g/mol. The van der Waals surface area contributed by atoms with E-state index in [4.69, 9.17) is 0 Å². The molecule has 1 N–H and O–H groups in total. The number of hydrogen-bond donors (Lipinski definition) is 1. The number of rotatable bonds is 2. The maximum Gasteiger partial charge on any atom is 0.337 e. The maximum atomic E-state index is 11.3. The van der Waals surface area contributed by atoms with Crippen molar-refractivity contribution in [2.24, 2.45) is 5.92 Å². The highest BCUT2D eigenvalue weighted by molar-refractivity contribution is 5.94. The van der Waals surface area contributed by atoms with Gasteiger partial charge >= 0.3 is 5.97 Å². The fourth-order valence-corrected chi connectivity index (χ4v) is 2.71. The van der Waals surface area contributed by atoms with Crippen LogP contribution in [0.1, 0.15) is 36.2 Å². The number of aryl methyl sites for hydroxylation is 1. The molecule has 17 heavy (non-hydrogen) atoms. The van der Waals surface area contributed by atoms with Gasteiger partial charge in [-0.1, -0.05) is 18.6 Å². The van der Waals surface area contributed by atoms with Crippen LogP contribution in [0.4, 0.5) is 5.69 Å². The van der Waals surface area contributed by atoms with Crippen molar-refractivity contribution in [1.82, 2.24) is 0 Å². The lowest BCUT2D eigenvalue weighted by atomic mass is 10.1. The van der Waals surface area contributed by atoms with Crippen molar-refractivity contribution in [3.8, 4) is 0 Å². The van der Waals surface area contributed by atoms with Gasteiger partial charge in [0.15, 0.2) is 0 Å². The molecule has 0 aromatic heterocycles. The largest absolute Gasteiger partial charge is 0.478 e. The van der Waals surface area contributed by atoms with Crippen LogP contribution in [0.5, 0.6) is 0 Å². The Morgan fingerprint density at radius 3 is 2.65 bits per heavy atom. The second-order valence-electron chi connectivity index (χ2n) is 5.17. The summed E-state index contributed by atoms with van der Waals surface area (Å²) in [6.07, 6.45) is 1.13. The Morgan fingerprint density at radius 1 is 1.41 bits per heavy atom. The molecule has 1 aromatic carbocycles. The molecule has 1 heterocycles. The summed E-state index contributed by atoms with van der Waals surface area (Å²) < 4.78 is 0. The lowest BCUT2D eigenvalue weighted by molar-refractivity contribution is 0.0697. The summed E-state index contributed by atoms with van der Waals surface area (Å²) in [7, 11) is 0. The summed E-state index contributed by atoms with van der Waals surface area (Å²) in [6, 6.07) is 6.10.